The molecule has 3 aromatic heterocycles. The average molecular weight is 930 g/mol. The van der Waals surface area contributed by atoms with Gasteiger partial charge in [-0.1, -0.05) is 121 Å². The van der Waals surface area contributed by atoms with Crippen LogP contribution < -0.4 is 0 Å². The molecule has 4 aromatic carbocycles. The van der Waals surface area contributed by atoms with E-state index in [4.69, 9.17) is 9.97 Å². The summed E-state index contributed by atoms with van der Waals surface area (Å²) in [6.45, 7) is 0. The van der Waals surface area contributed by atoms with Crippen LogP contribution in [-0.2, 0) is 0 Å². The Morgan fingerprint density at radius 1 is 0.500 bits per heavy atom. The molecule has 0 aliphatic carbocycles. The molecule has 7 aromatic rings. The molecule has 0 amide bonds. The summed E-state index contributed by atoms with van der Waals surface area (Å²) in [5.41, 5.74) is 15.5. The maximum absolute atomic E-state index is 5.71. The van der Waals surface area contributed by atoms with E-state index < -0.39 is 0 Å². The Kier molecular flexibility index (Phi) is 8.79. The molecular weight excluding hydrogens is 904 g/mol. The number of nitrogens with zero attached hydrogens (tertiary/aromatic N) is 3. The number of hydrogen-bond donors (Lipinski definition) is 1. The molecule has 2 aliphatic heterocycles. The zero-order valence-electron chi connectivity index (χ0n) is 27.3. The first-order chi connectivity index (χ1) is 25.5. The molecule has 0 atom stereocenters. The monoisotopic (exact) mass is 926 g/mol. The fourth-order valence-electron chi connectivity index (χ4n) is 6.95. The predicted molar refractivity (Wildman–Crippen MR) is 230 cm³/mol. The van der Waals surface area contributed by atoms with Crippen LogP contribution in [0.4, 0.5) is 0 Å². The Morgan fingerprint density at radius 3 is 1.62 bits per heavy atom. The molecule has 5 heterocycles. The summed E-state index contributed by atoms with van der Waals surface area (Å²) in [6.07, 6.45) is 4.09. The zero-order valence-corrected chi connectivity index (χ0v) is 33.6. The van der Waals surface area contributed by atoms with Crippen LogP contribution in [0, 0.1) is 0 Å². The van der Waals surface area contributed by atoms with Crippen LogP contribution in [-0.4, -0.2) is 18.5 Å². The van der Waals surface area contributed by atoms with E-state index in [1.807, 2.05) is 15.7 Å². The minimum atomic E-state index is 0.812. The highest BCUT2D eigenvalue weighted by Crippen LogP contribution is 2.49. The summed E-state index contributed by atoms with van der Waals surface area (Å²) < 4.78 is 4.58. The van der Waals surface area contributed by atoms with Crippen LogP contribution in [0.1, 0.15) is 33.9 Å². The van der Waals surface area contributed by atoms with E-state index in [1.165, 1.54) is 0 Å². The van der Waals surface area contributed by atoms with Crippen molar-refractivity contribution in [2.45, 2.75) is 0 Å². The largest absolute Gasteiger partial charge is 0.354 e. The third kappa shape index (κ3) is 5.78. The lowest BCUT2D eigenvalue weighted by molar-refractivity contribution is 1.28. The van der Waals surface area contributed by atoms with Crippen molar-refractivity contribution in [3.05, 3.63) is 187 Å². The fourth-order valence-corrected chi connectivity index (χ4v) is 10.3. The molecule has 0 unspecified atom stereocenters. The lowest BCUT2D eigenvalue weighted by Gasteiger charge is -2.13. The maximum Gasteiger partial charge on any atom is 0.0886 e. The van der Waals surface area contributed by atoms with Crippen molar-refractivity contribution in [3.8, 4) is 22.3 Å². The first-order valence-electron chi connectivity index (χ1n) is 16.6. The van der Waals surface area contributed by atoms with Crippen molar-refractivity contribution in [2.24, 2.45) is 0 Å². The normalized spacial score (nSPS) is 12.5. The van der Waals surface area contributed by atoms with Gasteiger partial charge in [-0.3, -0.25) is 3.59 Å². The van der Waals surface area contributed by atoms with E-state index in [-0.39, 0.29) is 0 Å². The fraction of sp³-hybridized carbons (Fsp3) is 0. The van der Waals surface area contributed by atoms with Gasteiger partial charge < -0.3 is 4.98 Å². The SMILES string of the molecule is Brc1c(Br)c2c(Br)c3nc(c(-c4ccccc4)c4[nH]c(cc5nc(cc1n2Br)C=C5)cc4-c1ccccc1)C(c1ccccc1)=C3c1ccccc1. The van der Waals surface area contributed by atoms with Crippen LogP contribution in [0.25, 0.3) is 67.6 Å². The number of aromatic nitrogens is 4. The van der Waals surface area contributed by atoms with E-state index >= 15 is 0 Å². The highest BCUT2D eigenvalue weighted by molar-refractivity contribution is 9.13. The van der Waals surface area contributed by atoms with Gasteiger partial charge in [0.25, 0.3) is 0 Å². The summed E-state index contributed by atoms with van der Waals surface area (Å²) in [7, 11) is 0. The lowest BCUT2D eigenvalue weighted by Crippen LogP contribution is -1.94. The summed E-state index contributed by atoms with van der Waals surface area (Å²) in [4.78, 5) is 14.6. The first kappa shape index (κ1) is 33.3. The molecule has 8 heteroatoms. The predicted octanol–water partition coefficient (Wildman–Crippen LogP) is 13.7. The molecule has 0 saturated carbocycles. The summed E-state index contributed by atoms with van der Waals surface area (Å²) in [6, 6.07) is 48.6. The lowest BCUT2D eigenvalue weighted by atomic mass is 9.89. The average Bonchev–Trinajstić information content (AvgIpc) is 3.96. The van der Waals surface area contributed by atoms with Crippen molar-refractivity contribution in [1.82, 2.24) is 18.5 Å². The van der Waals surface area contributed by atoms with Gasteiger partial charge in [-0.25, -0.2) is 9.97 Å². The molecule has 250 valence electrons. The second kappa shape index (κ2) is 13.7. The third-order valence-corrected chi connectivity index (χ3v) is 12.9. The minimum absolute atomic E-state index is 0.812. The molecule has 0 spiro atoms. The van der Waals surface area contributed by atoms with Crippen molar-refractivity contribution in [2.75, 3.05) is 0 Å². The molecule has 9 rings (SSSR count). The van der Waals surface area contributed by atoms with E-state index in [1.54, 1.807) is 0 Å². The third-order valence-electron chi connectivity index (χ3n) is 9.26. The zero-order chi connectivity index (χ0) is 35.3. The smallest absolute Gasteiger partial charge is 0.0886 e. The van der Waals surface area contributed by atoms with Gasteiger partial charge >= 0.3 is 0 Å². The molecule has 2 aliphatic rings. The van der Waals surface area contributed by atoms with Gasteiger partial charge in [-0.05, 0) is 100 Å². The van der Waals surface area contributed by atoms with Gasteiger partial charge in [0, 0.05) is 27.8 Å². The summed E-state index contributed by atoms with van der Waals surface area (Å²) in [5.74, 6) is 0. The van der Waals surface area contributed by atoms with E-state index in [9.17, 15) is 0 Å². The second-order valence-corrected chi connectivity index (χ2v) is 15.5. The molecule has 0 saturated heterocycles. The number of benzene rings is 4. The van der Waals surface area contributed by atoms with Gasteiger partial charge in [0.2, 0.25) is 0 Å². The van der Waals surface area contributed by atoms with Crippen LogP contribution in [0.15, 0.2) is 153 Å². The Balaban J connectivity index is 1.59. The number of fused-ring (bicyclic) bond motifs is 8. The molecule has 0 fully saturated rings. The number of rotatable bonds is 4. The molecule has 8 bridgehead atoms. The first-order valence-corrected chi connectivity index (χ1v) is 19.7. The van der Waals surface area contributed by atoms with Crippen LogP contribution in [0.5, 0.6) is 0 Å². The van der Waals surface area contributed by atoms with Gasteiger partial charge in [-0.15, -0.1) is 0 Å². The van der Waals surface area contributed by atoms with Crippen molar-refractivity contribution >= 4 is 109 Å². The summed E-state index contributed by atoms with van der Waals surface area (Å²) >= 11 is 15.8. The number of nitrogens with one attached hydrogen (secondary N) is 1. The molecule has 0 radical (unpaired) electrons. The Labute approximate surface area is 334 Å². The molecule has 1 N–H and O–H groups in total. The Hall–Kier alpha value is -4.60. The second-order valence-electron chi connectivity index (χ2n) is 12.5. The van der Waals surface area contributed by atoms with Crippen LogP contribution in [0.2, 0.25) is 0 Å². The van der Waals surface area contributed by atoms with Gasteiger partial charge in [-0.2, -0.15) is 0 Å². The van der Waals surface area contributed by atoms with Crippen LogP contribution in [0.3, 0.4) is 0 Å². The standard InChI is InChI=1S/C44H26Br4N4/c45-38-34-25-31-22-21-30(49-31)23-32-24-33(26-13-5-1-6-14-26)41(50-32)37(29-19-11-4-12-20-29)42-35(27-15-7-2-8-16-27)36(28-17-9-3-10-18-28)43(51-42)40(47)44(39(38)46)52(34)48/h1-25,50H. The molecule has 4 nitrogen and oxygen atoms in total. The van der Waals surface area contributed by atoms with Gasteiger partial charge in [0.1, 0.15) is 0 Å². The highest BCUT2D eigenvalue weighted by Gasteiger charge is 2.30. The van der Waals surface area contributed by atoms with E-state index in [0.717, 1.165) is 103 Å². The highest BCUT2D eigenvalue weighted by atomic mass is 79.9. The van der Waals surface area contributed by atoms with E-state index in [0.29, 0.717) is 0 Å². The van der Waals surface area contributed by atoms with Crippen molar-refractivity contribution < 1.29 is 0 Å². The molecule has 52 heavy (non-hydrogen) atoms. The van der Waals surface area contributed by atoms with Crippen LogP contribution >= 0.6 is 63.9 Å². The minimum Gasteiger partial charge on any atom is -0.354 e. The van der Waals surface area contributed by atoms with Crippen molar-refractivity contribution in [3.63, 3.8) is 0 Å². The van der Waals surface area contributed by atoms with Crippen molar-refractivity contribution in [1.29, 1.82) is 0 Å². The number of aromatic amines is 1. The van der Waals surface area contributed by atoms with Gasteiger partial charge in [0.05, 0.1) is 68.9 Å². The Morgan fingerprint density at radius 2 is 1.02 bits per heavy atom. The number of hydrogen-bond acceptors (Lipinski definition) is 2. The number of H-pyrrole nitrogens is 1. The quantitative estimate of drug-likeness (QED) is 0.191. The van der Waals surface area contributed by atoms with Gasteiger partial charge in [0.15, 0.2) is 0 Å². The Bertz CT molecular complexity index is 2750. The number of halogens is 4. The summed E-state index contributed by atoms with van der Waals surface area (Å²) in [5, 5.41) is 0. The topological polar surface area (TPSA) is 46.5 Å². The maximum atomic E-state index is 5.71. The molecular formula is C44H26Br4N4. The van der Waals surface area contributed by atoms with E-state index in [2.05, 4.69) is 208 Å².